The minimum absolute atomic E-state index is 0.000947. The van der Waals surface area contributed by atoms with Gasteiger partial charge in [0.1, 0.15) is 11.6 Å². The van der Waals surface area contributed by atoms with E-state index in [1.165, 1.54) is 18.2 Å². The first-order valence-corrected chi connectivity index (χ1v) is 10.1. The second kappa shape index (κ2) is 8.98. The summed E-state index contributed by atoms with van der Waals surface area (Å²) in [6, 6.07) is 10.6. The number of H-pyrrole nitrogens is 1. The Morgan fingerprint density at radius 2 is 1.83 bits per heavy atom. The molecular formula is C23H23FN4O2. The van der Waals surface area contributed by atoms with Crippen LogP contribution in [0, 0.1) is 11.7 Å². The van der Waals surface area contributed by atoms with Gasteiger partial charge in [-0.1, -0.05) is 25.0 Å². The number of nitrogens with zero attached hydrogens (tertiary/aromatic N) is 2. The van der Waals surface area contributed by atoms with Crippen molar-refractivity contribution in [2.24, 2.45) is 5.92 Å². The Morgan fingerprint density at radius 1 is 1.13 bits per heavy atom. The van der Waals surface area contributed by atoms with Crippen LogP contribution in [0.1, 0.15) is 43.0 Å². The lowest BCUT2D eigenvalue weighted by molar-refractivity contribution is -0.125. The number of hydrogen-bond acceptors (Lipinski definition) is 4. The maximum Gasteiger partial charge on any atom is 0.251 e. The van der Waals surface area contributed by atoms with Crippen molar-refractivity contribution >= 4 is 5.91 Å². The van der Waals surface area contributed by atoms with Crippen LogP contribution >= 0.6 is 0 Å². The summed E-state index contributed by atoms with van der Waals surface area (Å²) in [5.74, 6) is 0.113. The normalized spacial score (nSPS) is 15.1. The Balaban J connectivity index is 1.62. The van der Waals surface area contributed by atoms with Crippen LogP contribution < -0.4 is 10.9 Å². The van der Waals surface area contributed by atoms with Crippen molar-refractivity contribution in [3.63, 3.8) is 0 Å². The van der Waals surface area contributed by atoms with Crippen molar-refractivity contribution in [2.75, 3.05) is 0 Å². The molecule has 1 aliphatic carbocycles. The molecule has 154 valence electrons. The van der Waals surface area contributed by atoms with Crippen LogP contribution in [0.4, 0.5) is 4.39 Å². The van der Waals surface area contributed by atoms with Gasteiger partial charge in [0.25, 0.3) is 5.56 Å². The van der Waals surface area contributed by atoms with Gasteiger partial charge in [-0.25, -0.2) is 9.37 Å². The molecule has 2 heterocycles. The third-order valence-corrected chi connectivity index (χ3v) is 5.48. The summed E-state index contributed by atoms with van der Waals surface area (Å²) in [4.78, 5) is 36.3. The fourth-order valence-electron chi connectivity index (χ4n) is 3.89. The van der Waals surface area contributed by atoms with Gasteiger partial charge in [-0.2, -0.15) is 0 Å². The highest BCUT2D eigenvalue weighted by Crippen LogP contribution is 2.27. The first-order valence-electron chi connectivity index (χ1n) is 10.1. The van der Waals surface area contributed by atoms with Crippen LogP contribution in [0.5, 0.6) is 0 Å². The Bertz CT molecular complexity index is 1060. The largest absolute Gasteiger partial charge is 0.349 e. The van der Waals surface area contributed by atoms with Gasteiger partial charge in [0, 0.05) is 36.4 Å². The van der Waals surface area contributed by atoms with Gasteiger partial charge in [0.15, 0.2) is 0 Å². The number of amides is 1. The molecular weight excluding hydrogens is 383 g/mol. The number of pyridine rings is 1. The van der Waals surface area contributed by atoms with E-state index in [2.05, 4.69) is 20.3 Å². The van der Waals surface area contributed by atoms with E-state index in [0.717, 1.165) is 36.8 Å². The number of aromatic amines is 1. The molecule has 1 aromatic carbocycles. The highest BCUT2D eigenvalue weighted by molar-refractivity contribution is 5.79. The summed E-state index contributed by atoms with van der Waals surface area (Å²) >= 11 is 0. The van der Waals surface area contributed by atoms with Crippen molar-refractivity contribution in [1.29, 1.82) is 0 Å². The summed E-state index contributed by atoms with van der Waals surface area (Å²) in [5.41, 5.74) is 1.80. The summed E-state index contributed by atoms with van der Waals surface area (Å²) < 4.78 is 13.4. The van der Waals surface area contributed by atoms with Crippen LogP contribution in [0.15, 0.2) is 59.7 Å². The molecule has 0 spiro atoms. The van der Waals surface area contributed by atoms with E-state index < -0.39 is 6.04 Å². The van der Waals surface area contributed by atoms with E-state index in [9.17, 15) is 14.0 Å². The molecule has 1 fully saturated rings. The number of nitrogens with one attached hydrogen (secondary N) is 2. The van der Waals surface area contributed by atoms with E-state index in [4.69, 9.17) is 0 Å². The topological polar surface area (TPSA) is 87.7 Å². The standard InChI is InChI=1S/C23H23FN4O2/c24-18-7-5-15(6-8-18)20(27-23(30)17-3-1-2-4-17)13-19-14-21(29)28-22(26-19)16-9-11-25-12-10-16/h5-12,14,17,20H,1-4,13H2,(H,27,30)(H,26,28,29)/t20-/m0/s1. The minimum Gasteiger partial charge on any atom is -0.349 e. The molecule has 0 aliphatic heterocycles. The first-order chi connectivity index (χ1) is 14.6. The van der Waals surface area contributed by atoms with Crippen LogP contribution in [-0.4, -0.2) is 20.9 Å². The van der Waals surface area contributed by atoms with E-state index in [0.29, 0.717) is 17.9 Å². The molecule has 1 saturated carbocycles. The molecule has 0 bridgehead atoms. The average molecular weight is 406 g/mol. The first kappa shape index (κ1) is 19.9. The highest BCUT2D eigenvalue weighted by Gasteiger charge is 2.26. The maximum absolute atomic E-state index is 13.4. The predicted octanol–water partition coefficient (Wildman–Crippen LogP) is 3.56. The number of hydrogen-bond donors (Lipinski definition) is 2. The van der Waals surface area contributed by atoms with Gasteiger partial charge in [0.05, 0.1) is 11.7 Å². The summed E-state index contributed by atoms with van der Waals surface area (Å²) in [6.07, 6.45) is 7.48. The van der Waals surface area contributed by atoms with E-state index >= 15 is 0 Å². The second-order valence-electron chi connectivity index (χ2n) is 7.62. The lowest BCUT2D eigenvalue weighted by atomic mass is 9.99. The number of rotatable bonds is 6. The number of halogens is 1. The second-order valence-corrected chi connectivity index (χ2v) is 7.62. The summed E-state index contributed by atoms with van der Waals surface area (Å²) in [5, 5.41) is 3.10. The smallest absolute Gasteiger partial charge is 0.251 e. The number of carbonyl (C=O) groups is 1. The molecule has 6 nitrogen and oxygen atoms in total. The number of benzene rings is 1. The molecule has 0 saturated heterocycles. The third-order valence-electron chi connectivity index (χ3n) is 5.48. The van der Waals surface area contributed by atoms with Crippen molar-refractivity contribution in [3.05, 3.63) is 82.3 Å². The Labute approximate surface area is 173 Å². The molecule has 30 heavy (non-hydrogen) atoms. The molecule has 0 unspecified atom stereocenters. The molecule has 2 N–H and O–H groups in total. The Hall–Kier alpha value is -3.35. The molecule has 7 heteroatoms. The van der Waals surface area contributed by atoms with Gasteiger partial charge in [0.2, 0.25) is 5.91 Å². The van der Waals surface area contributed by atoms with Crippen molar-refractivity contribution in [2.45, 2.75) is 38.1 Å². The van der Waals surface area contributed by atoms with Gasteiger partial charge in [-0.05, 0) is 42.7 Å². The monoisotopic (exact) mass is 406 g/mol. The quantitative estimate of drug-likeness (QED) is 0.655. The SMILES string of the molecule is O=C(N[C@@H](Cc1cc(=O)[nH]c(-c2ccncc2)n1)c1ccc(F)cc1)C1CCCC1. The fraction of sp³-hybridized carbons (Fsp3) is 0.304. The lowest BCUT2D eigenvalue weighted by Gasteiger charge is -2.21. The van der Waals surface area contributed by atoms with E-state index in [1.807, 2.05) is 0 Å². The van der Waals surface area contributed by atoms with Gasteiger partial charge < -0.3 is 10.3 Å². The molecule has 0 radical (unpaired) electrons. The van der Waals surface area contributed by atoms with Crippen LogP contribution in [0.2, 0.25) is 0 Å². The van der Waals surface area contributed by atoms with Gasteiger partial charge >= 0.3 is 0 Å². The number of aromatic nitrogens is 3. The zero-order valence-corrected chi connectivity index (χ0v) is 16.5. The molecule has 1 amide bonds. The van der Waals surface area contributed by atoms with E-state index in [-0.39, 0.29) is 23.2 Å². The molecule has 3 aromatic rings. The molecule has 1 aliphatic rings. The van der Waals surface area contributed by atoms with Crippen molar-refractivity contribution < 1.29 is 9.18 Å². The van der Waals surface area contributed by atoms with Gasteiger partial charge in [-0.3, -0.25) is 14.6 Å². The maximum atomic E-state index is 13.4. The minimum atomic E-state index is -0.404. The zero-order valence-electron chi connectivity index (χ0n) is 16.5. The predicted molar refractivity (Wildman–Crippen MR) is 111 cm³/mol. The van der Waals surface area contributed by atoms with Crippen molar-refractivity contribution in [1.82, 2.24) is 20.3 Å². The highest BCUT2D eigenvalue weighted by atomic mass is 19.1. The lowest BCUT2D eigenvalue weighted by Crippen LogP contribution is -2.34. The van der Waals surface area contributed by atoms with Crippen LogP contribution in [0.25, 0.3) is 11.4 Å². The average Bonchev–Trinajstić information content (AvgIpc) is 3.29. The van der Waals surface area contributed by atoms with Crippen molar-refractivity contribution in [3.8, 4) is 11.4 Å². The summed E-state index contributed by atoms with van der Waals surface area (Å²) in [7, 11) is 0. The number of carbonyl (C=O) groups excluding carboxylic acids is 1. The summed E-state index contributed by atoms with van der Waals surface area (Å²) in [6.45, 7) is 0. The van der Waals surface area contributed by atoms with Crippen LogP contribution in [0.3, 0.4) is 0 Å². The van der Waals surface area contributed by atoms with E-state index in [1.54, 1.807) is 36.7 Å². The molecule has 1 atom stereocenters. The van der Waals surface area contributed by atoms with Gasteiger partial charge in [-0.15, -0.1) is 0 Å². The van der Waals surface area contributed by atoms with Crippen LogP contribution in [-0.2, 0) is 11.2 Å². The fourth-order valence-corrected chi connectivity index (χ4v) is 3.89. The molecule has 4 rings (SSSR count). The zero-order chi connectivity index (χ0) is 20.9. The third kappa shape index (κ3) is 4.79. The molecule has 2 aromatic heterocycles. The Morgan fingerprint density at radius 3 is 2.53 bits per heavy atom. The Kier molecular flexibility index (Phi) is 5.97.